The van der Waals surface area contributed by atoms with Crippen LogP contribution < -0.4 is 10.5 Å². The lowest BCUT2D eigenvalue weighted by molar-refractivity contribution is 0.351. The zero-order valence-electron chi connectivity index (χ0n) is 14.0. The maximum Gasteiger partial charge on any atom is 0.279 e. The van der Waals surface area contributed by atoms with E-state index >= 15 is 0 Å². The molecule has 0 radical (unpaired) electrons. The van der Waals surface area contributed by atoms with Crippen molar-refractivity contribution >= 4 is 10.2 Å². The fourth-order valence-corrected chi connectivity index (χ4v) is 3.42. The quantitative estimate of drug-likeness (QED) is 0.611. The minimum Gasteiger partial charge on any atom is -0.326 e. The molecule has 6 heteroatoms. The van der Waals surface area contributed by atoms with Gasteiger partial charge in [-0.15, -0.1) is 0 Å². The van der Waals surface area contributed by atoms with Gasteiger partial charge < -0.3 is 5.73 Å². The third kappa shape index (κ3) is 7.58. The van der Waals surface area contributed by atoms with Gasteiger partial charge in [0.1, 0.15) is 0 Å². The van der Waals surface area contributed by atoms with Gasteiger partial charge in [0.2, 0.25) is 0 Å². The van der Waals surface area contributed by atoms with Gasteiger partial charge >= 0.3 is 0 Å². The molecular weight excluding hydrogens is 286 g/mol. The Morgan fingerprint density at radius 3 is 1.95 bits per heavy atom. The average molecular weight is 320 g/mol. The van der Waals surface area contributed by atoms with Crippen molar-refractivity contribution in [1.29, 1.82) is 0 Å². The van der Waals surface area contributed by atoms with Crippen molar-refractivity contribution in [2.24, 2.45) is 23.5 Å². The molecule has 0 heterocycles. The highest BCUT2D eigenvalue weighted by atomic mass is 32.2. The van der Waals surface area contributed by atoms with Crippen LogP contribution in [0.25, 0.3) is 0 Å². The Morgan fingerprint density at radius 2 is 1.57 bits per heavy atom. The second-order valence-corrected chi connectivity index (χ2v) is 8.87. The predicted octanol–water partition coefficient (Wildman–Crippen LogP) is 1.95. The highest BCUT2D eigenvalue weighted by Gasteiger charge is 2.30. The normalized spacial score (nSPS) is 17.9. The van der Waals surface area contributed by atoms with Gasteiger partial charge in [-0.1, -0.05) is 27.7 Å². The van der Waals surface area contributed by atoms with E-state index < -0.39 is 10.2 Å². The van der Waals surface area contributed by atoms with Crippen LogP contribution in [0.3, 0.4) is 0 Å². The Balaban J connectivity index is 2.54. The van der Waals surface area contributed by atoms with Gasteiger partial charge in [-0.05, 0) is 43.4 Å². The van der Waals surface area contributed by atoms with E-state index in [1.54, 1.807) is 4.31 Å². The van der Waals surface area contributed by atoms with E-state index in [0.717, 1.165) is 25.7 Å². The van der Waals surface area contributed by atoms with Crippen molar-refractivity contribution in [2.75, 3.05) is 19.6 Å². The molecule has 0 amide bonds. The lowest BCUT2D eigenvalue weighted by Crippen LogP contribution is -2.46. The van der Waals surface area contributed by atoms with Crippen LogP contribution in [0.5, 0.6) is 0 Å². The van der Waals surface area contributed by atoms with Crippen molar-refractivity contribution in [3.63, 3.8) is 0 Å². The number of nitrogens with zero attached hydrogens (tertiary/aromatic N) is 1. The Kier molecular flexibility index (Phi) is 7.60. The molecule has 1 aliphatic rings. The van der Waals surface area contributed by atoms with Crippen LogP contribution in [-0.4, -0.2) is 38.4 Å². The number of nitrogens with two attached hydrogens (primary N) is 1. The number of hydrogen-bond acceptors (Lipinski definition) is 3. The third-order valence-electron chi connectivity index (χ3n) is 3.98. The Hall–Kier alpha value is -0.170. The van der Waals surface area contributed by atoms with Crippen LogP contribution in [0.4, 0.5) is 0 Å². The molecule has 0 aromatic rings. The topological polar surface area (TPSA) is 75.4 Å². The SMILES string of the molecule is CC(C)CCN(CCC(C)C)S(=O)(=O)NCC(N)C1CC1. The molecule has 1 fully saturated rings. The van der Waals surface area contributed by atoms with Gasteiger partial charge in [0.15, 0.2) is 0 Å². The van der Waals surface area contributed by atoms with Crippen LogP contribution in [-0.2, 0) is 10.2 Å². The first-order valence-electron chi connectivity index (χ1n) is 8.22. The molecule has 126 valence electrons. The van der Waals surface area contributed by atoms with E-state index in [9.17, 15) is 8.42 Å². The molecule has 1 atom stereocenters. The second kappa shape index (κ2) is 8.46. The summed E-state index contributed by atoms with van der Waals surface area (Å²) in [7, 11) is -3.41. The molecule has 0 aromatic heterocycles. The first kappa shape index (κ1) is 18.9. The average Bonchev–Trinajstić information content (AvgIpc) is 3.19. The van der Waals surface area contributed by atoms with E-state index in [4.69, 9.17) is 5.73 Å². The van der Waals surface area contributed by atoms with Gasteiger partial charge in [0.25, 0.3) is 10.2 Å². The van der Waals surface area contributed by atoms with Crippen LogP contribution >= 0.6 is 0 Å². The van der Waals surface area contributed by atoms with Gasteiger partial charge in [-0.2, -0.15) is 12.7 Å². The largest absolute Gasteiger partial charge is 0.326 e. The Labute approximate surface area is 130 Å². The fourth-order valence-electron chi connectivity index (χ4n) is 2.14. The van der Waals surface area contributed by atoms with E-state index in [1.807, 2.05) is 0 Å². The standard InChI is InChI=1S/C15H33N3O2S/c1-12(2)7-9-18(10-8-13(3)4)21(19,20)17-11-15(16)14-5-6-14/h12-15,17H,5-11,16H2,1-4H3. The summed E-state index contributed by atoms with van der Waals surface area (Å²) in [6, 6.07) is -0.0446. The minimum absolute atomic E-state index is 0.0446. The predicted molar refractivity (Wildman–Crippen MR) is 88.1 cm³/mol. The molecule has 0 spiro atoms. The maximum atomic E-state index is 12.5. The molecule has 1 unspecified atom stereocenters. The smallest absolute Gasteiger partial charge is 0.279 e. The van der Waals surface area contributed by atoms with Gasteiger partial charge in [0, 0.05) is 25.7 Å². The minimum atomic E-state index is -3.41. The second-order valence-electron chi connectivity index (χ2n) is 7.12. The fraction of sp³-hybridized carbons (Fsp3) is 1.00. The molecule has 0 aliphatic heterocycles. The summed E-state index contributed by atoms with van der Waals surface area (Å²) in [4.78, 5) is 0. The van der Waals surface area contributed by atoms with Crippen molar-refractivity contribution in [2.45, 2.75) is 59.4 Å². The van der Waals surface area contributed by atoms with Crippen molar-refractivity contribution in [3.8, 4) is 0 Å². The summed E-state index contributed by atoms with van der Waals surface area (Å²) in [6.07, 6.45) is 4.03. The van der Waals surface area contributed by atoms with Gasteiger partial charge in [0.05, 0.1) is 0 Å². The number of rotatable bonds is 11. The van der Waals surface area contributed by atoms with Gasteiger partial charge in [-0.3, -0.25) is 0 Å². The van der Waals surface area contributed by atoms with Crippen LogP contribution in [0, 0.1) is 17.8 Å². The lowest BCUT2D eigenvalue weighted by atomic mass is 10.1. The highest BCUT2D eigenvalue weighted by Crippen LogP contribution is 2.31. The van der Waals surface area contributed by atoms with E-state index in [2.05, 4.69) is 32.4 Å². The zero-order valence-corrected chi connectivity index (χ0v) is 14.8. The van der Waals surface area contributed by atoms with Crippen LogP contribution in [0.1, 0.15) is 53.4 Å². The van der Waals surface area contributed by atoms with Crippen molar-refractivity contribution in [1.82, 2.24) is 9.03 Å². The van der Waals surface area contributed by atoms with E-state index in [0.29, 0.717) is 37.4 Å². The summed E-state index contributed by atoms with van der Waals surface area (Å²) in [5.41, 5.74) is 5.99. The molecule has 1 rings (SSSR count). The molecule has 1 aliphatic carbocycles. The third-order valence-corrected chi connectivity index (χ3v) is 5.56. The summed E-state index contributed by atoms with van der Waals surface area (Å²) >= 11 is 0. The molecular formula is C15H33N3O2S. The number of hydrogen-bond donors (Lipinski definition) is 2. The lowest BCUT2D eigenvalue weighted by Gasteiger charge is -2.25. The van der Waals surface area contributed by atoms with Gasteiger partial charge in [-0.25, -0.2) is 4.72 Å². The maximum absolute atomic E-state index is 12.5. The summed E-state index contributed by atoms with van der Waals surface area (Å²) in [5, 5.41) is 0. The molecule has 0 saturated heterocycles. The molecule has 21 heavy (non-hydrogen) atoms. The van der Waals surface area contributed by atoms with Crippen LogP contribution in [0.2, 0.25) is 0 Å². The summed E-state index contributed by atoms with van der Waals surface area (Å²) in [5.74, 6) is 1.50. The first-order chi connectivity index (χ1) is 9.72. The molecule has 1 saturated carbocycles. The molecule has 0 aromatic carbocycles. The Morgan fingerprint density at radius 1 is 1.10 bits per heavy atom. The Bertz CT molecular complexity index is 380. The van der Waals surface area contributed by atoms with Crippen LogP contribution in [0.15, 0.2) is 0 Å². The van der Waals surface area contributed by atoms with E-state index in [-0.39, 0.29) is 6.04 Å². The molecule has 3 N–H and O–H groups in total. The highest BCUT2D eigenvalue weighted by molar-refractivity contribution is 7.87. The summed E-state index contributed by atoms with van der Waals surface area (Å²) in [6.45, 7) is 9.98. The molecule has 5 nitrogen and oxygen atoms in total. The monoisotopic (exact) mass is 319 g/mol. The summed E-state index contributed by atoms with van der Waals surface area (Å²) < 4.78 is 29.2. The van der Waals surface area contributed by atoms with E-state index in [1.165, 1.54) is 0 Å². The number of nitrogens with one attached hydrogen (secondary N) is 1. The zero-order chi connectivity index (χ0) is 16.0. The molecule has 0 bridgehead atoms. The first-order valence-corrected chi connectivity index (χ1v) is 9.66. The van der Waals surface area contributed by atoms with Crippen molar-refractivity contribution in [3.05, 3.63) is 0 Å². The van der Waals surface area contributed by atoms with Crippen molar-refractivity contribution < 1.29 is 8.42 Å².